The van der Waals surface area contributed by atoms with Crippen LogP contribution in [-0.4, -0.2) is 26.1 Å². The lowest BCUT2D eigenvalue weighted by molar-refractivity contribution is -0.143. The Kier molecular flexibility index (Phi) is 3.40. The molecule has 19 heavy (non-hydrogen) atoms. The molecule has 6 heteroatoms. The summed E-state index contributed by atoms with van der Waals surface area (Å²) in [5, 5.41) is 8.95. The first-order valence-electron chi connectivity index (χ1n) is 5.95. The van der Waals surface area contributed by atoms with E-state index in [1.165, 1.54) is 12.1 Å². The molecule has 1 aromatic rings. The molecular formula is C13H16O5S. The molecule has 0 aromatic heterocycles. The van der Waals surface area contributed by atoms with Gasteiger partial charge in [0.25, 0.3) is 10.1 Å². The Bertz CT molecular complexity index is 590. The Hall–Kier alpha value is -1.40. The van der Waals surface area contributed by atoms with E-state index < -0.39 is 21.5 Å². The molecule has 0 amide bonds. The molecule has 1 saturated carbocycles. The molecule has 1 N–H and O–H groups in total. The van der Waals surface area contributed by atoms with Gasteiger partial charge in [0.15, 0.2) is 0 Å². The second-order valence-corrected chi connectivity index (χ2v) is 6.79. The Morgan fingerprint density at radius 3 is 2.47 bits per heavy atom. The minimum Gasteiger partial charge on any atom is -0.481 e. The molecule has 0 spiro atoms. The number of carboxylic acids is 1. The number of aliphatic carboxylic acids is 1. The Labute approximate surface area is 112 Å². The van der Waals surface area contributed by atoms with Crippen molar-refractivity contribution >= 4 is 16.1 Å². The van der Waals surface area contributed by atoms with Crippen LogP contribution in [0.15, 0.2) is 29.2 Å². The van der Waals surface area contributed by atoms with Gasteiger partial charge >= 0.3 is 5.97 Å². The van der Waals surface area contributed by atoms with Crippen molar-refractivity contribution in [3.05, 3.63) is 29.8 Å². The molecule has 5 nitrogen and oxygen atoms in total. The van der Waals surface area contributed by atoms with Crippen LogP contribution < -0.4 is 0 Å². The first-order valence-corrected chi connectivity index (χ1v) is 7.36. The third-order valence-corrected chi connectivity index (χ3v) is 4.93. The second-order valence-electron chi connectivity index (χ2n) is 5.18. The average molecular weight is 284 g/mol. The summed E-state index contributed by atoms with van der Waals surface area (Å²) in [7, 11) is -3.80. The number of aryl methyl sites for hydroxylation is 1. The molecule has 1 aliphatic carbocycles. The van der Waals surface area contributed by atoms with Crippen LogP contribution in [0.5, 0.6) is 0 Å². The van der Waals surface area contributed by atoms with Gasteiger partial charge in [0.2, 0.25) is 0 Å². The number of benzene rings is 1. The predicted molar refractivity (Wildman–Crippen MR) is 68.2 cm³/mol. The number of carbonyl (C=O) groups is 1. The maximum Gasteiger partial charge on any atom is 0.309 e. The van der Waals surface area contributed by atoms with Crippen molar-refractivity contribution in [2.24, 2.45) is 11.3 Å². The first-order chi connectivity index (χ1) is 8.75. The van der Waals surface area contributed by atoms with Gasteiger partial charge in [-0.2, -0.15) is 8.42 Å². The van der Waals surface area contributed by atoms with Gasteiger partial charge in [-0.25, -0.2) is 0 Å². The third-order valence-electron chi connectivity index (χ3n) is 3.63. The van der Waals surface area contributed by atoms with Crippen LogP contribution in [0.4, 0.5) is 0 Å². The van der Waals surface area contributed by atoms with Crippen molar-refractivity contribution in [1.82, 2.24) is 0 Å². The zero-order valence-electron chi connectivity index (χ0n) is 10.8. The van der Waals surface area contributed by atoms with Crippen LogP contribution in [0.25, 0.3) is 0 Å². The van der Waals surface area contributed by atoms with Crippen molar-refractivity contribution in [2.75, 3.05) is 6.61 Å². The van der Waals surface area contributed by atoms with Gasteiger partial charge in [-0.1, -0.05) is 17.7 Å². The van der Waals surface area contributed by atoms with Gasteiger partial charge in [0.1, 0.15) is 0 Å². The standard InChI is InChI=1S/C13H16O5S/c1-9-3-5-11(6-4-9)19(16,17)18-8-10-7-13(10,2)12(14)15/h3-6,10H,7-8H2,1-2H3,(H,14,15). The molecule has 0 saturated heterocycles. The maximum atomic E-state index is 11.9. The van der Waals surface area contributed by atoms with Crippen molar-refractivity contribution in [3.63, 3.8) is 0 Å². The minimum atomic E-state index is -3.80. The van der Waals surface area contributed by atoms with E-state index in [0.717, 1.165) is 5.56 Å². The molecule has 2 atom stereocenters. The number of rotatable bonds is 5. The van der Waals surface area contributed by atoms with Crippen LogP contribution in [0, 0.1) is 18.3 Å². The van der Waals surface area contributed by atoms with Crippen LogP contribution in [-0.2, 0) is 19.1 Å². The van der Waals surface area contributed by atoms with Gasteiger partial charge in [0.05, 0.1) is 16.9 Å². The van der Waals surface area contributed by atoms with E-state index in [-0.39, 0.29) is 17.4 Å². The van der Waals surface area contributed by atoms with Crippen molar-refractivity contribution in [1.29, 1.82) is 0 Å². The van der Waals surface area contributed by atoms with E-state index in [0.29, 0.717) is 6.42 Å². The van der Waals surface area contributed by atoms with E-state index in [2.05, 4.69) is 0 Å². The predicted octanol–water partition coefficient (Wildman–Crippen LogP) is 1.81. The van der Waals surface area contributed by atoms with E-state index >= 15 is 0 Å². The highest BCUT2D eigenvalue weighted by atomic mass is 32.2. The van der Waals surface area contributed by atoms with Gasteiger partial charge < -0.3 is 5.11 Å². The third kappa shape index (κ3) is 2.79. The van der Waals surface area contributed by atoms with E-state index in [1.807, 2.05) is 6.92 Å². The Balaban J connectivity index is 2.00. The topological polar surface area (TPSA) is 80.7 Å². The summed E-state index contributed by atoms with van der Waals surface area (Å²) in [4.78, 5) is 11.0. The summed E-state index contributed by atoms with van der Waals surface area (Å²) >= 11 is 0. The molecule has 1 fully saturated rings. The van der Waals surface area contributed by atoms with E-state index in [4.69, 9.17) is 9.29 Å². The fourth-order valence-corrected chi connectivity index (χ4v) is 2.85. The highest BCUT2D eigenvalue weighted by Crippen LogP contribution is 2.52. The minimum absolute atomic E-state index is 0.0843. The summed E-state index contributed by atoms with van der Waals surface area (Å²) in [6, 6.07) is 6.34. The Morgan fingerprint density at radius 2 is 2.00 bits per heavy atom. The summed E-state index contributed by atoms with van der Waals surface area (Å²) in [5.74, 6) is -1.15. The Morgan fingerprint density at radius 1 is 1.42 bits per heavy atom. The quantitative estimate of drug-likeness (QED) is 0.834. The van der Waals surface area contributed by atoms with Crippen molar-refractivity contribution < 1.29 is 22.5 Å². The van der Waals surface area contributed by atoms with E-state index in [1.54, 1.807) is 19.1 Å². The molecule has 104 valence electrons. The lowest BCUT2D eigenvalue weighted by atomic mass is 10.1. The number of hydrogen-bond acceptors (Lipinski definition) is 4. The summed E-state index contributed by atoms with van der Waals surface area (Å²) in [6.07, 6.45) is 0.450. The van der Waals surface area contributed by atoms with Crippen LogP contribution in [0.2, 0.25) is 0 Å². The smallest absolute Gasteiger partial charge is 0.309 e. The van der Waals surface area contributed by atoms with Crippen LogP contribution in [0.1, 0.15) is 18.9 Å². The SMILES string of the molecule is Cc1ccc(S(=O)(=O)OCC2CC2(C)C(=O)O)cc1. The summed E-state index contributed by atoms with van der Waals surface area (Å²) in [5.41, 5.74) is 0.114. The maximum absolute atomic E-state index is 11.9. The zero-order valence-corrected chi connectivity index (χ0v) is 11.6. The molecule has 1 aromatic carbocycles. The molecule has 0 radical (unpaired) electrons. The highest BCUT2D eigenvalue weighted by Gasteiger charge is 2.56. The lowest BCUT2D eigenvalue weighted by Gasteiger charge is -2.07. The summed E-state index contributed by atoms with van der Waals surface area (Å²) in [6.45, 7) is 3.38. The van der Waals surface area contributed by atoms with Crippen LogP contribution >= 0.6 is 0 Å². The fourth-order valence-electron chi connectivity index (χ4n) is 1.90. The molecule has 1 aliphatic rings. The van der Waals surface area contributed by atoms with E-state index in [9.17, 15) is 13.2 Å². The molecule has 2 unspecified atom stereocenters. The highest BCUT2D eigenvalue weighted by molar-refractivity contribution is 7.86. The molecule has 0 bridgehead atoms. The average Bonchev–Trinajstić information content (AvgIpc) is 3.00. The number of hydrogen-bond donors (Lipinski definition) is 1. The molecule has 0 aliphatic heterocycles. The van der Waals surface area contributed by atoms with Gasteiger partial charge in [-0.15, -0.1) is 0 Å². The molecular weight excluding hydrogens is 268 g/mol. The van der Waals surface area contributed by atoms with Gasteiger partial charge in [0, 0.05) is 5.92 Å². The normalized spacial score (nSPS) is 26.1. The molecule has 0 heterocycles. The lowest BCUT2D eigenvalue weighted by Crippen LogP contribution is -2.17. The van der Waals surface area contributed by atoms with Crippen molar-refractivity contribution in [2.45, 2.75) is 25.2 Å². The largest absolute Gasteiger partial charge is 0.481 e. The van der Waals surface area contributed by atoms with Gasteiger partial charge in [-0.05, 0) is 32.4 Å². The monoisotopic (exact) mass is 284 g/mol. The number of carboxylic acid groups (broad SMARTS) is 1. The molecule has 2 rings (SSSR count). The first kappa shape index (κ1) is 14.0. The fraction of sp³-hybridized carbons (Fsp3) is 0.462. The van der Waals surface area contributed by atoms with Crippen molar-refractivity contribution in [3.8, 4) is 0 Å². The zero-order chi connectivity index (χ0) is 14.3. The van der Waals surface area contributed by atoms with Crippen LogP contribution in [0.3, 0.4) is 0 Å². The van der Waals surface area contributed by atoms with Gasteiger partial charge in [-0.3, -0.25) is 8.98 Å². The second kappa shape index (κ2) is 4.61. The summed E-state index contributed by atoms with van der Waals surface area (Å²) < 4.78 is 28.7.